The molecular formula is C5H4BrNO2S. The van der Waals surface area contributed by atoms with Crippen LogP contribution in [0.4, 0.5) is 9.80 Å². The third kappa shape index (κ3) is 1.71. The summed E-state index contributed by atoms with van der Waals surface area (Å²) in [6.07, 6.45) is -1.04. The highest BCUT2D eigenvalue weighted by molar-refractivity contribution is 9.10. The molecule has 0 saturated heterocycles. The summed E-state index contributed by atoms with van der Waals surface area (Å²) in [6.45, 7) is 0. The van der Waals surface area contributed by atoms with Gasteiger partial charge >= 0.3 is 6.09 Å². The van der Waals surface area contributed by atoms with Crippen molar-refractivity contribution in [3.05, 3.63) is 15.9 Å². The first kappa shape index (κ1) is 7.56. The van der Waals surface area contributed by atoms with Crippen LogP contribution in [0, 0.1) is 0 Å². The van der Waals surface area contributed by atoms with Gasteiger partial charge in [0.1, 0.15) is 5.00 Å². The molecule has 0 aliphatic heterocycles. The first-order chi connectivity index (χ1) is 4.70. The molecule has 0 radical (unpaired) electrons. The third-order valence-corrected chi connectivity index (χ3v) is 2.59. The number of nitrogens with one attached hydrogen (secondary N) is 1. The van der Waals surface area contributed by atoms with Crippen LogP contribution in [0.15, 0.2) is 15.9 Å². The van der Waals surface area contributed by atoms with Crippen LogP contribution >= 0.6 is 27.3 Å². The van der Waals surface area contributed by atoms with E-state index >= 15 is 0 Å². The monoisotopic (exact) mass is 221 g/mol. The molecule has 10 heavy (non-hydrogen) atoms. The lowest BCUT2D eigenvalue weighted by atomic mass is 10.6. The Labute approximate surface area is 69.8 Å². The molecule has 0 aliphatic carbocycles. The van der Waals surface area contributed by atoms with E-state index in [0.717, 1.165) is 4.47 Å². The summed E-state index contributed by atoms with van der Waals surface area (Å²) < 4.78 is 0.778. The summed E-state index contributed by atoms with van der Waals surface area (Å²) in [6, 6.07) is 1.79. The van der Waals surface area contributed by atoms with Crippen molar-refractivity contribution in [3.8, 4) is 0 Å². The molecule has 0 fully saturated rings. The van der Waals surface area contributed by atoms with Crippen LogP contribution in [-0.2, 0) is 0 Å². The predicted octanol–water partition coefficient (Wildman–Crippen LogP) is 2.60. The Balaban J connectivity index is 2.74. The number of halogens is 1. The normalized spacial score (nSPS) is 9.30. The zero-order valence-corrected chi connectivity index (χ0v) is 7.20. The summed E-state index contributed by atoms with van der Waals surface area (Å²) in [5.41, 5.74) is 0. The van der Waals surface area contributed by atoms with Gasteiger partial charge in [-0.15, -0.1) is 11.3 Å². The fraction of sp³-hybridized carbons (Fsp3) is 0. The standard InChI is InChI=1S/C5H4BrNO2S/c6-3-1-2-10-4(3)7-5(8)9/h1-2,7H,(H,8,9). The molecule has 0 atom stereocenters. The molecule has 0 spiro atoms. The molecule has 1 rings (SSSR count). The van der Waals surface area contributed by atoms with Gasteiger partial charge in [0.05, 0.1) is 4.47 Å². The van der Waals surface area contributed by atoms with Gasteiger partial charge in [-0.1, -0.05) is 0 Å². The number of thiophene rings is 1. The predicted molar refractivity (Wildman–Crippen MR) is 43.7 cm³/mol. The Kier molecular flexibility index (Phi) is 2.29. The van der Waals surface area contributed by atoms with Crippen molar-refractivity contribution in [1.29, 1.82) is 0 Å². The maximum Gasteiger partial charge on any atom is 0.409 e. The van der Waals surface area contributed by atoms with E-state index in [9.17, 15) is 4.79 Å². The molecular weight excluding hydrogens is 218 g/mol. The van der Waals surface area contributed by atoms with Gasteiger partial charge in [0, 0.05) is 0 Å². The van der Waals surface area contributed by atoms with Crippen molar-refractivity contribution in [2.24, 2.45) is 0 Å². The number of carbonyl (C=O) groups is 1. The topological polar surface area (TPSA) is 49.3 Å². The Morgan fingerprint density at radius 1 is 1.80 bits per heavy atom. The number of rotatable bonds is 1. The van der Waals surface area contributed by atoms with Gasteiger partial charge in [-0.2, -0.15) is 0 Å². The lowest BCUT2D eigenvalue weighted by molar-refractivity contribution is 0.210. The number of amides is 1. The maximum absolute atomic E-state index is 10.1. The largest absolute Gasteiger partial charge is 0.465 e. The van der Waals surface area contributed by atoms with Gasteiger partial charge in [-0.3, -0.25) is 5.32 Å². The van der Waals surface area contributed by atoms with Gasteiger partial charge < -0.3 is 5.11 Å². The van der Waals surface area contributed by atoms with Crippen LogP contribution in [0.5, 0.6) is 0 Å². The molecule has 1 amide bonds. The molecule has 5 heteroatoms. The quantitative estimate of drug-likeness (QED) is 0.767. The van der Waals surface area contributed by atoms with Crippen LogP contribution < -0.4 is 5.32 Å². The SMILES string of the molecule is O=C(O)Nc1sccc1Br. The Bertz CT molecular complexity index is 248. The Morgan fingerprint density at radius 2 is 2.50 bits per heavy atom. The zero-order valence-electron chi connectivity index (χ0n) is 4.80. The molecule has 0 bridgehead atoms. The molecule has 0 unspecified atom stereocenters. The van der Waals surface area contributed by atoms with Crippen molar-refractivity contribution in [3.63, 3.8) is 0 Å². The van der Waals surface area contributed by atoms with Gasteiger partial charge in [-0.25, -0.2) is 4.79 Å². The van der Waals surface area contributed by atoms with Crippen LogP contribution in [0.1, 0.15) is 0 Å². The van der Waals surface area contributed by atoms with Crippen LogP contribution in [0.25, 0.3) is 0 Å². The number of hydrogen-bond donors (Lipinski definition) is 2. The van der Waals surface area contributed by atoms with Crippen molar-refractivity contribution in [2.45, 2.75) is 0 Å². The van der Waals surface area contributed by atoms with Crippen molar-refractivity contribution >= 4 is 38.4 Å². The highest BCUT2D eigenvalue weighted by atomic mass is 79.9. The second-order valence-corrected chi connectivity index (χ2v) is 3.30. The Morgan fingerprint density at radius 3 is 2.90 bits per heavy atom. The highest BCUT2D eigenvalue weighted by Crippen LogP contribution is 2.27. The fourth-order valence-electron chi connectivity index (χ4n) is 0.480. The van der Waals surface area contributed by atoms with E-state index in [0.29, 0.717) is 5.00 Å². The van der Waals surface area contributed by atoms with E-state index in [2.05, 4.69) is 21.2 Å². The minimum absolute atomic E-state index is 0.618. The molecule has 54 valence electrons. The van der Waals surface area contributed by atoms with Crippen molar-refractivity contribution < 1.29 is 9.90 Å². The highest BCUT2D eigenvalue weighted by Gasteiger charge is 2.02. The second kappa shape index (κ2) is 3.03. The van der Waals surface area contributed by atoms with Gasteiger partial charge in [0.2, 0.25) is 0 Å². The first-order valence-corrected chi connectivity index (χ1v) is 4.10. The van der Waals surface area contributed by atoms with Gasteiger partial charge in [0.25, 0.3) is 0 Å². The average Bonchev–Trinajstić information content (AvgIpc) is 2.15. The molecule has 1 heterocycles. The molecule has 0 aliphatic rings. The third-order valence-electron chi connectivity index (χ3n) is 0.838. The minimum atomic E-state index is -1.04. The Hall–Kier alpha value is -0.550. The van der Waals surface area contributed by atoms with Crippen LogP contribution in [0.3, 0.4) is 0 Å². The van der Waals surface area contributed by atoms with Crippen molar-refractivity contribution in [2.75, 3.05) is 5.32 Å². The fourth-order valence-corrected chi connectivity index (χ4v) is 1.83. The van der Waals surface area contributed by atoms with Crippen LogP contribution in [-0.4, -0.2) is 11.2 Å². The lowest BCUT2D eigenvalue weighted by Crippen LogP contribution is -2.05. The summed E-state index contributed by atoms with van der Waals surface area (Å²) in [5, 5.41) is 12.9. The molecule has 3 nitrogen and oxygen atoms in total. The molecule has 2 N–H and O–H groups in total. The number of hydrogen-bond acceptors (Lipinski definition) is 2. The van der Waals surface area contributed by atoms with E-state index in [1.54, 1.807) is 11.4 Å². The number of anilines is 1. The van der Waals surface area contributed by atoms with Crippen molar-refractivity contribution in [1.82, 2.24) is 0 Å². The van der Waals surface area contributed by atoms with E-state index in [-0.39, 0.29) is 0 Å². The molecule has 1 aromatic heterocycles. The second-order valence-electron chi connectivity index (χ2n) is 1.53. The van der Waals surface area contributed by atoms with Gasteiger partial charge in [0.15, 0.2) is 0 Å². The molecule has 1 aromatic rings. The summed E-state index contributed by atoms with van der Waals surface area (Å²) in [7, 11) is 0. The lowest BCUT2D eigenvalue weighted by Gasteiger charge is -1.94. The van der Waals surface area contributed by atoms with Gasteiger partial charge in [-0.05, 0) is 27.4 Å². The maximum atomic E-state index is 10.1. The van der Waals surface area contributed by atoms with Crippen LogP contribution in [0.2, 0.25) is 0 Å². The van der Waals surface area contributed by atoms with E-state index < -0.39 is 6.09 Å². The van der Waals surface area contributed by atoms with E-state index in [1.165, 1.54) is 11.3 Å². The summed E-state index contributed by atoms with van der Waals surface area (Å²) in [4.78, 5) is 10.1. The average molecular weight is 222 g/mol. The zero-order chi connectivity index (χ0) is 7.56. The molecule has 0 aromatic carbocycles. The van der Waals surface area contributed by atoms with E-state index in [4.69, 9.17) is 5.11 Å². The first-order valence-electron chi connectivity index (χ1n) is 2.43. The number of carboxylic acid groups (broad SMARTS) is 1. The minimum Gasteiger partial charge on any atom is -0.465 e. The smallest absolute Gasteiger partial charge is 0.409 e. The summed E-state index contributed by atoms with van der Waals surface area (Å²) >= 11 is 4.52. The van der Waals surface area contributed by atoms with E-state index in [1.807, 2.05) is 0 Å². The molecule has 0 saturated carbocycles. The summed E-state index contributed by atoms with van der Waals surface area (Å²) in [5.74, 6) is 0.